The predicted octanol–water partition coefficient (Wildman–Crippen LogP) is 1.73. The van der Waals surface area contributed by atoms with Gasteiger partial charge in [-0.15, -0.1) is 0 Å². The SMILES string of the molecule is CC(C)CC(O)CNC(=O)COc1ccc(F)cc1. The van der Waals surface area contributed by atoms with E-state index in [4.69, 9.17) is 4.74 Å². The van der Waals surface area contributed by atoms with Crippen molar-refractivity contribution in [2.75, 3.05) is 13.2 Å². The maximum absolute atomic E-state index is 12.6. The third-order valence-corrected chi connectivity index (χ3v) is 2.46. The number of halogens is 1. The Morgan fingerprint density at radius 3 is 2.58 bits per heavy atom. The van der Waals surface area contributed by atoms with Crippen LogP contribution in [0.25, 0.3) is 0 Å². The molecule has 4 nitrogen and oxygen atoms in total. The molecule has 5 heteroatoms. The summed E-state index contributed by atoms with van der Waals surface area (Å²) < 4.78 is 17.8. The largest absolute Gasteiger partial charge is 0.484 e. The van der Waals surface area contributed by atoms with Crippen molar-refractivity contribution in [3.8, 4) is 5.75 Å². The molecule has 1 unspecified atom stereocenters. The number of hydrogen-bond donors (Lipinski definition) is 2. The van der Waals surface area contributed by atoms with Crippen molar-refractivity contribution in [1.29, 1.82) is 0 Å². The summed E-state index contributed by atoms with van der Waals surface area (Å²) in [5.41, 5.74) is 0. The fraction of sp³-hybridized carbons (Fsp3) is 0.500. The summed E-state index contributed by atoms with van der Waals surface area (Å²) in [6.45, 7) is 4.06. The summed E-state index contributed by atoms with van der Waals surface area (Å²) in [6.07, 6.45) is 0.0915. The van der Waals surface area contributed by atoms with E-state index in [1.165, 1.54) is 24.3 Å². The highest BCUT2D eigenvalue weighted by atomic mass is 19.1. The summed E-state index contributed by atoms with van der Waals surface area (Å²) in [6, 6.07) is 5.44. The standard InChI is InChI=1S/C14H20FNO3/c1-10(2)7-12(17)8-16-14(18)9-19-13-5-3-11(15)4-6-13/h3-6,10,12,17H,7-9H2,1-2H3,(H,16,18). The molecule has 19 heavy (non-hydrogen) atoms. The van der Waals surface area contributed by atoms with Crippen LogP contribution in [0.4, 0.5) is 4.39 Å². The monoisotopic (exact) mass is 269 g/mol. The van der Waals surface area contributed by atoms with Gasteiger partial charge in [0.05, 0.1) is 6.10 Å². The lowest BCUT2D eigenvalue weighted by atomic mass is 10.1. The van der Waals surface area contributed by atoms with Gasteiger partial charge in [-0.05, 0) is 36.6 Å². The van der Waals surface area contributed by atoms with Crippen molar-refractivity contribution in [3.63, 3.8) is 0 Å². The number of aliphatic hydroxyl groups excluding tert-OH is 1. The third-order valence-electron chi connectivity index (χ3n) is 2.46. The molecule has 1 amide bonds. The summed E-state index contributed by atoms with van der Waals surface area (Å²) in [5.74, 6) is 0.141. The van der Waals surface area contributed by atoms with Gasteiger partial charge in [0.1, 0.15) is 11.6 Å². The van der Waals surface area contributed by atoms with Gasteiger partial charge in [0, 0.05) is 6.54 Å². The van der Waals surface area contributed by atoms with E-state index in [0.717, 1.165) is 0 Å². The number of benzene rings is 1. The lowest BCUT2D eigenvalue weighted by Crippen LogP contribution is -2.35. The van der Waals surface area contributed by atoms with Crippen LogP contribution in [0.2, 0.25) is 0 Å². The average molecular weight is 269 g/mol. The van der Waals surface area contributed by atoms with E-state index in [-0.39, 0.29) is 24.9 Å². The van der Waals surface area contributed by atoms with Crippen LogP contribution in [0.5, 0.6) is 5.75 Å². The molecule has 1 atom stereocenters. The third kappa shape index (κ3) is 6.76. The second-order valence-corrected chi connectivity index (χ2v) is 4.83. The molecule has 0 spiro atoms. The molecule has 1 aromatic rings. The second-order valence-electron chi connectivity index (χ2n) is 4.83. The molecule has 0 aliphatic carbocycles. The summed E-state index contributed by atoms with van der Waals surface area (Å²) in [5, 5.41) is 12.2. The van der Waals surface area contributed by atoms with Crippen molar-refractivity contribution in [1.82, 2.24) is 5.32 Å². The Morgan fingerprint density at radius 2 is 2.00 bits per heavy atom. The van der Waals surface area contributed by atoms with Crippen LogP contribution in [-0.2, 0) is 4.79 Å². The van der Waals surface area contributed by atoms with Crippen molar-refractivity contribution in [2.24, 2.45) is 5.92 Å². The molecule has 0 radical (unpaired) electrons. The van der Waals surface area contributed by atoms with E-state index in [0.29, 0.717) is 18.1 Å². The molecule has 0 aliphatic rings. The van der Waals surface area contributed by atoms with Gasteiger partial charge in [0.2, 0.25) is 0 Å². The van der Waals surface area contributed by atoms with Crippen molar-refractivity contribution in [3.05, 3.63) is 30.1 Å². The molecule has 0 fully saturated rings. The number of carbonyl (C=O) groups excluding carboxylic acids is 1. The van der Waals surface area contributed by atoms with E-state index in [2.05, 4.69) is 5.32 Å². The van der Waals surface area contributed by atoms with E-state index in [1.807, 2.05) is 13.8 Å². The number of aliphatic hydroxyl groups is 1. The molecule has 0 saturated heterocycles. The van der Waals surface area contributed by atoms with Gasteiger partial charge < -0.3 is 15.2 Å². The van der Waals surface area contributed by atoms with Crippen LogP contribution in [0.1, 0.15) is 20.3 Å². The highest BCUT2D eigenvalue weighted by molar-refractivity contribution is 5.77. The number of nitrogens with one attached hydrogen (secondary N) is 1. The molecule has 1 rings (SSSR count). The Hall–Kier alpha value is -1.62. The van der Waals surface area contributed by atoms with E-state index < -0.39 is 6.10 Å². The molecule has 0 heterocycles. The number of ether oxygens (including phenoxy) is 1. The van der Waals surface area contributed by atoms with E-state index >= 15 is 0 Å². The van der Waals surface area contributed by atoms with Gasteiger partial charge in [0.15, 0.2) is 6.61 Å². The molecule has 0 bridgehead atoms. The predicted molar refractivity (Wildman–Crippen MR) is 70.4 cm³/mol. The minimum Gasteiger partial charge on any atom is -0.484 e. The topological polar surface area (TPSA) is 58.6 Å². The second kappa shape index (κ2) is 7.74. The lowest BCUT2D eigenvalue weighted by Gasteiger charge is -2.14. The molecule has 0 aromatic heterocycles. The molecular weight excluding hydrogens is 249 g/mol. The Kier molecular flexibility index (Phi) is 6.29. The number of rotatable bonds is 7. The zero-order chi connectivity index (χ0) is 14.3. The highest BCUT2D eigenvalue weighted by Gasteiger charge is 2.09. The van der Waals surface area contributed by atoms with Crippen LogP contribution in [0.3, 0.4) is 0 Å². The first-order valence-corrected chi connectivity index (χ1v) is 6.30. The maximum Gasteiger partial charge on any atom is 0.258 e. The first kappa shape index (κ1) is 15.4. The van der Waals surface area contributed by atoms with Crippen molar-refractivity contribution in [2.45, 2.75) is 26.4 Å². The molecule has 2 N–H and O–H groups in total. The fourth-order valence-corrected chi connectivity index (χ4v) is 1.59. The van der Waals surface area contributed by atoms with E-state index in [1.54, 1.807) is 0 Å². The molecule has 1 aromatic carbocycles. The molecule has 106 valence electrons. The fourth-order valence-electron chi connectivity index (χ4n) is 1.59. The lowest BCUT2D eigenvalue weighted by molar-refractivity contribution is -0.123. The Morgan fingerprint density at radius 1 is 1.37 bits per heavy atom. The zero-order valence-corrected chi connectivity index (χ0v) is 11.2. The van der Waals surface area contributed by atoms with Gasteiger partial charge in [-0.3, -0.25) is 4.79 Å². The van der Waals surface area contributed by atoms with Gasteiger partial charge in [-0.2, -0.15) is 0 Å². The number of amides is 1. The minimum absolute atomic E-state index is 0.153. The Balaban J connectivity index is 2.22. The highest BCUT2D eigenvalue weighted by Crippen LogP contribution is 2.10. The molecule has 0 saturated carbocycles. The van der Waals surface area contributed by atoms with Crippen LogP contribution in [0, 0.1) is 11.7 Å². The van der Waals surface area contributed by atoms with Gasteiger partial charge >= 0.3 is 0 Å². The first-order valence-electron chi connectivity index (χ1n) is 6.30. The van der Waals surface area contributed by atoms with Crippen molar-refractivity contribution >= 4 is 5.91 Å². The van der Waals surface area contributed by atoms with Crippen LogP contribution in [0.15, 0.2) is 24.3 Å². The molecular formula is C14H20FNO3. The van der Waals surface area contributed by atoms with Gasteiger partial charge in [-0.1, -0.05) is 13.8 Å². The van der Waals surface area contributed by atoms with Crippen molar-refractivity contribution < 1.29 is 19.0 Å². The maximum atomic E-state index is 12.6. The first-order chi connectivity index (χ1) is 8.97. The van der Waals surface area contributed by atoms with Crippen LogP contribution in [-0.4, -0.2) is 30.3 Å². The van der Waals surface area contributed by atoms with Crippen LogP contribution < -0.4 is 10.1 Å². The van der Waals surface area contributed by atoms with Crippen LogP contribution >= 0.6 is 0 Å². The quantitative estimate of drug-likeness (QED) is 0.792. The Labute approximate surface area is 112 Å². The number of hydrogen-bond acceptors (Lipinski definition) is 3. The molecule has 0 aliphatic heterocycles. The van der Waals surface area contributed by atoms with Gasteiger partial charge in [0.25, 0.3) is 5.91 Å². The summed E-state index contributed by atoms with van der Waals surface area (Å²) in [7, 11) is 0. The normalized spacial score (nSPS) is 12.3. The smallest absolute Gasteiger partial charge is 0.258 e. The summed E-state index contributed by atoms with van der Waals surface area (Å²) in [4.78, 5) is 11.5. The minimum atomic E-state index is -0.547. The Bertz CT molecular complexity index is 392. The van der Waals surface area contributed by atoms with Gasteiger partial charge in [-0.25, -0.2) is 4.39 Å². The zero-order valence-electron chi connectivity index (χ0n) is 11.2. The van der Waals surface area contributed by atoms with E-state index in [9.17, 15) is 14.3 Å². The summed E-state index contributed by atoms with van der Waals surface area (Å²) >= 11 is 0. The number of carbonyl (C=O) groups is 1. The average Bonchev–Trinajstić information content (AvgIpc) is 2.35.